The Morgan fingerprint density at radius 2 is 1.89 bits per heavy atom. The van der Waals surface area contributed by atoms with Gasteiger partial charge in [0.15, 0.2) is 0 Å². The number of ether oxygens (including phenoxy) is 1. The minimum absolute atomic E-state index is 0.255. The first-order valence-electron chi connectivity index (χ1n) is 4.97. The Morgan fingerprint density at radius 1 is 1.22 bits per heavy atom. The Morgan fingerprint density at radius 3 is 2.39 bits per heavy atom. The molecule has 0 unspecified atom stereocenters. The van der Waals surface area contributed by atoms with E-state index >= 15 is 0 Å². The van der Waals surface area contributed by atoms with Crippen LogP contribution in [0.4, 0.5) is 13.2 Å². The lowest BCUT2D eigenvalue weighted by Crippen LogP contribution is -2.17. The molecule has 0 amide bonds. The maximum absolute atomic E-state index is 11.9. The molecule has 0 N–H and O–H groups in total. The predicted octanol–water partition coefficient (Wildman–Crippen LogP) is 1.90. The van der Waals surface area contributed by atoms with Gasteiger partial charge in [0.05, 0.1) is 6.01 Å². The van der Waals surface area contributed by atoms with Crippen LogP contribution < -0.4 is 9.84 Å². The third-order valence-electron chi connectivity index (χ3n) is 2.19. The second-order valence-corrected chi connectivity index (χ2v) is 3.53. The molecule has 0 aliphatic rings. The molecule has 0 saturated carbocycles. The average Bonchev–Trinajstić information content (AvgIpc) is 2.65. The van der Waals surface area contributed by atoms with Crippen LogP contribution in [0.3, 0.4) is 0 Å². The summed E-state index contributed by atoms with van der Waals surface area (Å²) in [5.74, 6) is -0.292. The summed E-state index contributed by atoms with van der Waals surface area (Å²) in [7, 11) is 0. The quantitative estimate of drug-likeness (QED) is 0.843. The molecule has 0 bridgehead atoms. The third-order valence-corrected chi connectivity index (χ3v) is 2.19. The molecule has 2 aromatic rings. The van der Waals surface area contributed by atoms with Gasteiger partial charge in [0.1, 0.15) is 5.75 Å². The number of hydrogen-bond donors (Lipinski definition) is 0. The van der Waals surface area contributed by atoms with Crippen molar-refractivity contribution < 1.29 is 23.0 Å². The van der Waals surface area contributed by atoms with Crippen molar-refractivity contribution in [2.75, 3.05) is 0 Å². The van der Waals surface area contributed by atoms with Crippen LogP contribution in [-0.4, -0.2) is 15.9 Å². The van der Waals surface area contributed by atoms with E-state index < -0.39 is 12.4 Å². The number of aromatic nitrogens is 2. The van der Waals surface area contributed by atoms with Gasteiger partial charge >= 0.3 is 6.36 Å². The molecule has 1 aromatic heterocycles. The summed E-state index contributed by atoms with van der Waals surface area (Å²) in [4.78, 5) is 3.51. The lowest BCUT2D eigenvalue weighted by Gasteiger charge is -2.12. The Labute approximate surface area is 100 Å². The highest BCUT2D eigenvalue weighted by Crippen LogP contribution is 2.23. The van der Waals surface area contributed by atoms with Crippen LogP contribution in [0, 0.1) is 0 Å². The molecule has 0 atom stereocenters. The van der Waals surface area contributed by atoms with Gasteiger partial charge in [-0.25, -0.2) is 0 Å². The zero-order valence-corrected chi connectivity index (χ0v) is 9.02. The molecule has 1 heterocycles. The van der Waals surface area contributed by atoms with Gasteiger partial charge < -0.3 is 14.4 Å². The first-order chi connectivity index (χ1) is 8.44. The summed E-state index contributed by atoms with van der Waals surface area (Å²) >= 11 is 0. The van der Waals surface area contributed by atoms with Gasteiger partial charge in [0, 0.05) is 18.9 Å². The highest BCUT2D eigenvalue weighted by molar-refractivity contribution is 5.27. The SMILES string of the molecule is [O-]c1nccn1Cc1ccc(OC(F)(F)F)cc1. The van der Waals surface area contributed by atoms with Crippen molar-refractivity contribution in [2.24, 2.45) is 0 Å². The summed E-state index contributed by atoms with van der Waals surface area (Å²) in [6.45, 7) is 0.255. The zero-order valence-electron chi connectivity index (χ0n) is 9.02. The maximum Gasteiger partial charge on any atom is 0.573 e. The molecule has 0 spiro atoms. The van der Waals surface area contributed by atoms with Crippen LogP contribution in [0.1, 0.15) is 5.56 Å². The summed E-state index contributed by atoms with van der Waals surface area (Å²) in [6, 6.07) is 4.92. The van der Waals surface area contributed by atoms with E-state index in [9.17, 15) is 18.3 Å². The molecule has 18 heavy (non-hydrogen) atoms. The van der Waals surface area contributed by atoms with E-state index in [1.807, 2.05) is 0 Å². The number of nitrogens with zero attached hydrogens (tertiary/aromatic N) is 2. The highest BCUT2D eigenvalue weighted by atomic mass is 19.4. The summed E-state index contributed by atoms with van der Waals surface area (Å²) in [6.07, 6.45) is -1.83. The first-order valence-corrected chi connectivity index (χ1v) is 4.97. The molecule has 2 rings (SSSR count). The van der Waals surface area contributed by atoms with Crippen molar-refractivity contribution in [2.45, 2.75) is 12.9 Å². The van der Waals surface area contributed by atoms with Crippen molar-refractivity contribution in [1.82, 2.24) is 9.55 Å². The van der Waals surface area contributed by atoms with Crippen LogP contribution in [0.5, 0.6) is 11.8 Å². The molecule has 0 fully saturated rings. The number of hydrogen-bond acceptors (Lipinski definition) is 3. The highest BCUT2D eigenvalue weighted by Gasteiger charge is 2.30. The summed E-state index contributed by atoms with van der Waals surface area (Å²) < 4.78 is 40.9. The Balaban J connectivity index is 2.06. The normalized spacial score (nSPS) is 11.5. The largest absolute Gasteiger partial charge is 0.846 e. The van der Waals surface area contributed by atoms with Gasteiger partial charge in [-0.05, 0) is 17.7 Å². The second-order valence-electron chi connectivity index (χ2n) is 3.53. The van der Waals surface area contributed by atoms with E-state index in [2.05, 4.69) is 9.72 Å². The van der Waals surface area contributed by atoms with Crippen LogP contribution in [0.25, 0.3) is 0 Å². The number of rotatable bonds is 3. The fraction of sp³-hybridized carbons (Fsp3) is 0.182. The molecule has 96 valence electrons. The molecular weight excluding hydrogens is 249 g/mol. The minimum Gasteiger partial charge on any atom is -0.846 e. The van der Waals surface area contributed by atoms with Gasteiger partial charge in [-0.15, -0.1) is 13.2 Å². The molecule has 0 aliphatic carbocycles. The maximum atomic E-state index is 11.9. The third kappa shape index (κ3) is 3.16. The number of imidazole rings is 1. The van der Waals surface area contributed by atoms with Crippen LogP contribution in [0.2, 0.25) is 0 Å². The van der Waals surface area contributed by atoms with E-state index in [1.165, 1.54) is 41.2 Å². The van der Waals surface area contributed by atoms with Gasteiger partial charge in [-0.3, -0.25) is 4.98 Å². The van der Waals surface area contributed by atoms with Gasteiger partial charge in [-0.2, -0.15) is 0 Å². The molecule has 1 aromatic carbocycles. The van der Waals surface area contributed by atoms with Crippen molar-refractivity contribution in [3.63, 3.8) is 0 Å². The van der Waals surface area contributed by atoms with Crippen LogP contribution in [-0.2, 0) is 6.54 Å². The van der Waals surface area contributed by atoms with Crippen molar-refractivity contribution in [3.05, 3.63) is 42.2 Å². The topological polar surface area (TPSA) is 50.1 Å². The van der Waals surface area contributed by atoms with Crippen LogP contribution >= 0.6 is 0 Å². The second kappa shape index (κ2) is 4.59. The molecular formula is C11H8F3N2O2-. The molecule has 4 nitrogen and oxygen atoms in total. The minimum atomic E-state index is -4.70. The Hall–Kier alpha value is -2.18. The molecule has 0 aliphatic heterocycles. The number of alkyl halides is 3. The van der Waals surface area contributed by atoms with E-state index in [0.29, 0.717) is 5.56 Å². The van der Waals surface area contributed by atoms with Crippen LogP contribution in [0.15, 0.2) is 36.7 Å². The van der Waals surface area contributed by atoms with E-state index in [0.717, 1.165) is 0 Å². The first kappa shape index (κ1) is 12.3. The van der Waals surface area contributed by atoms with E-state index in [1.54, 1.807) is 0 Å². The Bertz CT molecular complexity index is 520. The zero-order chi connectivity index (χ0) is 13.2. The molecule has 0 radical (unpaired) electrons. The van der Waals surface area contributed by atoms with Gasteiger partial charge in [-0.1, -0.05) is 12.1 Å². The van der Waals surface area contributed by atoms with Gasteiger partial charge in [0.25, 0.3) is 0 Å². The fourth-order valence-corrected chi connectivity index (χ4v) is 1.43. The summed E-state index contributed by atoms with van der Waals surface area (Å²) in [5, 5.41) is 11.2. The predicted molar refractivity (Wildman–Crippen MR) is 53.9 cm³/mol. The molecule has 7 heteroatoms. The average molecular weight is 257 g/mol. The lowest BCUT2D eigenvalue weighted by molar-refractivity contribution is -0.285. The van der Waals surface area contributed by atoms with Crippen molar-refractivity contribution in [1.29, 1.82) is 0 Å². The van der Waals surface area contributed by atoms with E-state index in [4.69, 9.17) is 0 Å². The number of halogens is 3. The smallest absolute Gasteiger partial charge is 0.573 e. The van der Waals surface area contributed by atoms with Gasteiger partial charge in [0.2, 0.25) is 0 Å². The molecule has 0 saturated heterocycles. The van der Waals surface area contributed by atoms with E-state index in [-0.39, 0.29) is 12.3 Å². The lowest BCUT2D eigenvalue weighted by atomic mass is 10.2. The Kier molecular flexibility index (Phi) is 3.14. The summed E-state index contributed by atoms with van der Waals surface area (Å²) in [5.41, 5.74) is 0.680. The standard InChI is InChI=1S/C11H9F3N2O2/c12-11(13,14)18-9-3-1-8(2-4-9)7-16-6-5-15-10(16)17/h1-6H,7H2,(H,15,17)/p-1. The monoisotopic (exact) mass is 257 g/mol. The number of benzene rings is 1. The fourth-order valence-electron chi connectivity index (χ4n) is 1.43. The van der Waals surface area contributed by atoms with Crippen molar-refractivity contribution >= 4 is 0 Å². The van der Waals surface area contributed by atoms with Crippen molar-refractivity contribution in [3.8, 4) is 11.8 Å².